The zero-order chi connectivity index (χ0) is 9.26. The van der Waals surface area contributed by atoms with Crippen LogP contribution >= 0.6 is 0 Å². The molecular weight excluding hydrogens is 172 g/mol. The fraction of sp³-hybridized carbons (Fsp3) is 0. The second-order valence-electron chi connectivity index (χ2n) is 2.39. The number of fused-ring (bicyclic) bond motifs is 1. The fourth-order valence-electron chi connectivity index (χ4n) is 1.05. The highest BCUT2D eigenvalue weighted by Crippen LogP contribution is 2.05. The van der Waals surface area contributed by atoms with E-state index < -0.39 is 5.91 Å². The van der Waals surface area contributed by atoms with E-state index in [4.69, 9.17) is 5.21 Å². The molecule has 13 heavy (non-hydrogen) atoms. The van der Waals surface area contributed by atoms with Crippen molar-refractivity contribution in [3.05, 3.63) is 30.2 Å². The molecule has 2 heterocycles. The van der Waals surface area contributed by atoms with Gasteiger partial charge < -0.3 is 0 Å². The molecule has 6 nitrogen and oxygen atoms in total. The van der Waals surface area contributed by atoms with Crippen LogP contribution < -0.4 is 5.48 Å². The minimum atomic E-state index is -0.617. The number of nitrogens with zero attached hydrogens (tertiary/aromatic N) is 3. The van der Waals surface area contributed by atoms with Crippen LogP contribution in [0.2, 0.25) is 0 Å². The summed E-state index contributed by atoms with van der Waals surface area (Å²) in [5.74, 6) is -0.617. The van der Waals surface area contributed by atoms with Gasteiger partial charge in [0.15, 0.2) is 5.65 Å². The second kappa shape index (κ2) is 2.83. The van der Waals surface area contributed by atoms with E-state index in [-0.39, 0.29) is 5.56 Å². The first kappa shape index (κ1) is 7.69. The monoisotopic (exact) mass is 178 g/mol. The Hall–Kier alpha value is -1.95. The van der Waals surface area contributed by atoms with Crippen molar-refractivity contribution < 1.29 is 10.0 Å². The normalized spacial score (nSPS) is 10.2. The number of rotatable bonds is 1. The summed E-state index contributed by atoms with van der Waals surface area (Å²) in [7, 11) is 0. The number of hydroxylamine groups is 1. The molecule has 0 saturated heterocycles. The summed E-state index contributed by atoms with van der Waals surface area (Å²) in [5.41, 5.74) is 2.18. The molecule has 2 aromatic rings. The molecule has 66 valence electrons. The number of hydrogen-bond acceptors (Lipinski definition) is 4. The van der Waals surface area contributed by atoms with Gasteiger partial charge in [-0.3, -0.25) is 10.0 Å². The molecule has 2 aromatic heterocycles. The van der Waals surface area contributed by atoms with Gasteiger partial charge in [0.05, 0.1) is 6.20 Å². The summed E-state index contributed by atoms with van der Waals surface area (Å²) in [4.78, 5) is 15.0. The Morgan fingerprint density at radius 3 is 3.23 bits per heavy atom. The Bertz CT molecular complexity index is 450. The highest BCUT2D eigenvalue weighted by Gasteiger charge is 2.11. The summed E-state index contributed by atoms with van der Waals surface area (Å²) >= 11 is 0. The van der Waals surface area contributed by atoms with Crippen LogP contribution in [0.1, 0.15) is 10.4 Å². The Kier molecular flexibility index (Phi) is 1.67. The average molecular weight is 178 g/mol. The van der Waals surface area contributed by atoms with Crippen molar-refractivity contribution in [3.63, 3.8) is 0 Å². The van der Waals surface area contributed by atoms with E-state index in [1.165, 1.54) is 16.2 Å². The molecule has 2 N–H and O–H groups in total. The van der Waals surface area contributed by atoms with Crippen LogP contribution in [0.4, 0.5) is 0 Å². The number of amides is 1. The van der Waals surface area contributed by atoms with Gasteiger partial charge >= 0.3 is 0 Å². The molecule has 6 heteroatoms. The van der Waals surface area contributed by atoms with Crippen molar-refractivity contribution in [2.45, 2.75) is 0 Å². The zero-order valence-electron chi connectivity index (χ0n) is 6.51. The van der Waals surface area contributed by atoms with Crippen LogP contribution in [0.15, 0.2) is 24.7 Å². The quantitative estimate of drug-likeness (QED) is 0.470. The third-order valence-electron chi connectivity index (χ3n) is 1.63. The third kappa shape index (κ3) is 1.13. The first-order valence-corrected chi connectivity index (χ1v) is 3.55. The maximum atomic E-state index is 11.0. The van der Waals surface area contributed by atoms with E-state index in [1.807, 2.05) is 0 Å². The van der Waals surface area contributed by atoms with Crippen LogP contribution in [0.3, 0.4) is 0 Å². The Balaban J connectivity index is 2.64. The van der Waals surface area contributed by atoms with Crippen molar-refractivity contribution in [2.24, 2.45) is 0 Å². The van der Waals surface area contributed by atoms with Gasteiger partial charge in [-0.25, -0.2) is 15.0 Å². The van der Waals surface area contributed by atoms with Gasteiger partial charge in [-0.1, -0.05) is 0 Å². The van der Waals surface area contributed by atoms with E-state index in [1.54, 1.807) is 18.5 Å². The summed E-state index contributed by atoms with van der Waals surface area (Å²) in [5, 5.41) is 12.3. The Morgan fingerprint density at radius 2 is 2.46 bits per heavy atom. The molecule has 0 fully saturated rings. The van der Waals surface area contributed by atoms with Gasteiger partial charge in [0.25, 0.3) is 5.91 Å². The number of carbonyl (C=O) groups is 1. The summed E-state index contributed by atoms with van der Waals surface area (Å²) in [6.07, 6.45) is 4.55. The Morgan fingerprint density at radius 1 is 1.62 bits per heavy atom. The summed E-state index contributed by atoms with van der Waals surface area (Å²) in [6, 6.07) is 1.70. The number of carbonyl (C=O) groups excluding carboxylic acids is 1. The predicted molar refractivity (Wildman–Crippen MR) is 42.2 cm³/mol. The SMILES string of the molecule is O=C(NO)c1cnn2cccnc12. The standard InChI is InChI=1S/C7H6N4O2/c12-7(10-13)5-4-9-11-3-1-2-8-6(5)11/h1-4,13H,(H,10,12). The predicted octanol–water partition coefficient (Wildman–Crippen LogP) is -0.152. The van der Waals surface area contributed by atoms with Crippen LogP contribution in [-0.4, -0.2) is 25.7 Å². The van der Waals surface area contributed by atoms with Crippen LogP contribution in [0.5, 0.6) is 0 Å². The number of nitrogens with one attached hydrogen (secondary N) is 1. The van der Waals surface area contributed by atoms with Crippen molar-refractivity contribution in [1.82, 2.24) is 20.1 Å². The van der Waals surface area contributed by atoms with Crippen molar-refractivity contribution in [2.75, 3.05) is 0 Å². The molecule has 2 rings (SSSR count). The molecule has 0 radical (unpaired) electrons. The average Bonchev–Trinajstić information content (AvgIpc) is 2.60. The maximum absolute atomic E-state index is 11.0. The van der Waals surface area contributed by atoms with E-state index in [0.717, 1.165) is 0 Å². The van der Waals surface area contributed by atoms with Gasteiger partial charge in [-0.2, -0.15) is 5.10 Å². The molecule has 1 amide bonds. The lowest BCUT2D eigenvalue weighted by molar-refractivity contribution is 0.0708. The minimum Gasteiger partial charge on any atom is -0.288 e. The fourth-order valence-corrected chi connectivity index (χ4v) is 1.05. The molecule has 0 saturated carbocycles. The van der Waals surface area contributed by atoms with E-state index in [0.29, 0.717) is 5.65 Å². The number of hydrogen-bond donors (Lipinski definition) is 2. The number of aromatic nitrogens is 3. The highest BCUT2D eigenvalue weighted by molar-refractivity contribution is 5.98. The molecule has 0 spiro atoms. The van der Waals surface area contributed by atoms with Crippen LogP contribution in [0, 0.1) is 0 Å². The van der Waals surface area contributed by atoms with E-state index >= 15 is 0 Å². The summed E-state index contributed by atoms with van der Waals surface area (Å²) < 4.78 is 1.45. The van der Waals surface area contributed by atoms with Crippen molar-refractivity contribution >= 4 is 11.6 Å². The lowest BCUT2D eigenvalue weighted by atomic mass is 10.3. The first-order valence-electron chi connectivity index (χ1n) is 3.55. The first-order chi connectivity index (χ1) is 6.33. The zero-order valence-corrected chi connectivity index (χ0v) is 6.51. The molecule has 0 aliphatic carbocycles. The lowest BCUT2D eigenvalue weighted by Gasteiger charge is -1.94. The molecule has 0 atom stereocenters. The molecule has 0 aromatic carbocycles. The highest BCUT2D eigenvalue weighted by atomic mass is 16.5. The third-order valence-corrected chi connectivity index (χ3v) is 1.63. The second-order valence-corrected chi connectivity index (χ2v) is 2.39. The van der Waals surface area contributed by atoms with Gasteiger partial charge in [0.1, 0.15) is 5.56 Å². The van der Waals surface area contributed by atoms with Crippen LogP contribution in [-0.2, 0) is 0 Å². The smallest absolute Gasteiger partial charge is 0.280 e. The lowest BCUT2D eigenvalue weighted by Crippen LogP contribution is -2.18. The van der Waals surface area contributed by atoms with Gasteiger partial charge in [0, 0.05) is 12.4 Å². The van der Waals surface area contributed by atoms with Crippen molar-refractivity contribution in [3.8, 4) is 0 Å². The topological polar surface area (TPSA) is 79.5 Å². The van der Waals surface area contributed by atoms with Crippen LogP contribution in [0.25, 0.3) is 5.65 Å². The van der Waals surface area contributed by atoms with E-state index in [2.05, 4.69) is 10.1 Å². The Labute approximate surface area is 72.8 Å². The minimum absolute atomic E-state index is 0.239. The molecule has 0 aliphatic heterocycles. The largest absolute Gasteiger partial charge is 0.288 e. The van der Waals surface area contributed by atoms with Gasteiger partial charge in [0.2, 0.25) is 0 Å². The summed E-state index contributed by atoms with van der Waals surface area (Å²) in [6.45, 7) is 0. The van der Waals surface area contributed by atoms with Gasteiger partial charge in [-0.05, 0) is 6.07 Å². The molecule has 0 bridgehead atoms. The molecule has 0 unspecified atom stereocenters. The molecule has 0 aliphatic rings. The van der Waals surface area contributed by atoms with Gasteiger partial charge in [-0.15, -0.1) is 0 Å². The van der Waals surface area contributed by atoms with E-state index in [9.17, 15) is 4.79 Å². The van der Waals surface area contributed by atoms with Crippen molar-refractivity contribution in [1.29, 1.82) is 0 Å². The molecular formula is C7H6N4O2. The maximum Gasteiger partial charge on any atom is 0.280 e.